The number of aromatic amines is 1. The summed E-state index contributed by atoms with van der Waals surface area (Å²) in [5.41, 5.74) is 4.63. The molecule has 1 aromatic carbocycles. The van der Waals surface area contributed by atoms with E-state index < -0.39 is 6.04 Å². The zero-order chi connectivity index (χ0) is 19.3. The molecule has 2 N–H and O–H groups in total. The van der Waals surface area contributed by atoms with Gasteiger partial charge in [-0.2, -0.15) is 0 Å². The summed E-state index contributed by atoms with van der Waals surface area (Å²) in [5.74, 6) is -0.219. The van der Waals surface area contributed by atoms with Crippen LogP contribution in [0.2, 0.25) is 0 Å². The summed E-state index contributed by atoms with van der Waals surface area (Å²) in [6, 6.07) is 10.9. The second kappa shape index (κ2) is 6.23. The lowest BCUT2D eigenvalue weighted by molar-refractivity contribution is -0.127. The van der Waals surface area contributed by atoms with Crippen LogP contribution in [0.3, 0.4) is 0 Å². The van der Waals surface area contributed by atoms with Gasteiger partial charge in [0.25, 0.3) is 5.91 Å². The van der Waals surface area contributed by atoms with Crippen molar-refractivity contribution in [3.63, 3.8) is 0 Å². The molecule has 0 aliphatic carbocycles. The van der Waals surface area contributed by atoms with E-state index in [-0.39, 0.29) is 18.5 Å². The Kier molecular flexibility index (Phi) is 3.68. The standard InChI is InChI=1S/C21H19N5O2/c1-13-6-7-19-23-15(11-25(19)10-13)12-26-20(27)18(24-21(26)28)8-14-9-22-17-5-3-2-4-16(14)17/h2-7,9-11,18,22H,8,12H2,1H3,(H,24,28). The topological polar surface area (TPSA) is 82.5 Å². The van der Waals surface area contributed by atoms with Crippen LogP contribution in [-0.2, 0) is 17.8 Å². The number of pyridine rings is 1. The molecule has 4 heterocycles. The number of aromatic nitrogens is 3. The van der Waals surface area contributed by atoms with Gasteiger partial charge < -0.3 is 14.7 Å². The second-order valence-electron chi connectivity index (χ2n) is 7.19. The normalized spacial score (nSPS) is 17.0. The summed E-state index contributed by atoms with van der Waals surface area (Å²) < 4.78 is 1.91. The van der Waals surface area contributed by atoms with E-state index in [1.54, 1.807) is 0 Å². The number of urea groups is 1. The number of nitrogens with zero attached hydrogens (tertiary/aromatic N) is 3. The minimum atomic E-state index is -0.564. The lowest BCUT2D eigenvalue weighted by Gasteiger charge is -2.11. The van der Waals surface area contributed by atoms with Crippen LogP contribution in [0, 0.1) is 6.92 Å². The number of aryl methyl sites for hydroxylation is 1. The lowest BCUT2D eigenvalue weighted by Crippen LogP contribution is -2.32. The second-order valence-corrected chi connectivity index (χ2v) is 7.19. The number of H-pyrrole nitrogens is 1. The zero-order valence-corrected chi connectivity index (χ0v) is 15.3. The van der Waals surface area contributed by atoms with Crippen LogP contribution in [0.25, 0.3) is 16.6 Å². The molecule has 0 saturated carbocycles. The van der Waals surface area contributed by atoms with E-state index >= 15 is 0 Å². The molecule has 0 spiro atoms. The van der Waals surface area contributed by atoms with Crippen LogP contribution >= 0.6 is 0 Å². The molecule has 7 nitrogen and oxygen atoms in total. The first-order chi connectivity index (χ1) is 13.6. The molecule has 1 aliphatic rings. The third kappa shape index (κ3) is 2.72. The molecule has 3 aromatic heterocycles. The predicted octanol–water partition coefficient (Wildman–Crippen LogP) is 2.79. The van der Waals surface area contributed by atoms with Gasteiger partial charge in [-0.1, -0.05) is 24.3 Å². The van der Waals surface area contributed by atoms with E-state index in [1.165, 1.54) is 4.90 Å². The van der Waals surface area contributed by atoms with Gasteiger partial charge in [0.2, 0.25) is 0 Å². The van der Waals surface area contributed by atoms with Gasteiger partial charge in [-0.05, 0) is 30.2 Å². The first-order valence-corrected chi connectivity index (χ1v) is 9.19. The summed E-state index contributed by atoms with van der Waals surface area (Å²) in [7, 11) is 0. The van der Waals surface area contributed by atoms with Gasteiger partial charge in [0.05, 0.1) is 12.2 Å². The molecular formula is C21H19N5O2. The summed E-state index contributed by atoms with van der Waals surface area (Å²) in [6.07, 6.45) is 6.18. The van der Waals surface area contributed by atoms with Gasteiger partial charge in [-0.15, -0.1) is 0 Å². The zero-order valence-electron chi connectivity index (χ0n) is 15.3. The fourth-order valence-electron chi connectivity index (χ4n) is 3.78. The molecule has 1 saturated heterocycles. The fraction of sp³-hybridized carbons (Fsp3) is 0.190. The van der Waals surface area contributed by atoms with Crippen molar-refractivity contribution in [1.29, 1.82) is 0 Å². The molecule has 28 heavy (non-hydrogen) atoms. The quantitative estimate of drug-likeness (QED) is 0.540. The number of rotatable bonds is 4. The van der Waals surface area contributed by atoms with Crippen LogP contribution in [0.1, 0.15) is 16.8 Å². The Morgan fingerprint density at radius 2 is 1.96 bits per heavy atom. The van der Waals surface area contributed by atoms with Gasteiger partial charge in [-0.25, -0.2) is 9.78 Å². The minimum Gasteiger partial charge on any atom is -0.361 e. The molecule has 0 radical (unpaired) electrons. The van der Waals surface area contributed by atoms with Crippen LogP contribution in [-0.4, -0.2) is 37.2 Å². The van der Waals surface area contributed by atoms with E-state index in [1.807, 2.05) is 66.3 Å². The van der Waals surface area contributed by atoms with Crippen LogP contribution in [0.4, 0.5) is 4.79 Å². The SMILES string of the molecule is Cc1ccc2nc(CN3C(=O)NC(Cc4c[nH]c5ccccc45)C3=O)cn2c1. The maximum absolute atomic E-state index is 12.8. The molecule has 3 amide bonds. The van der Waals surface area contributed by atoms with E-state index in [4.69, 9.17) is 0 Å². The lowest BCUT2D eigenvalue weighted by atomic mass is 10.1. The van der Waals surface area contributed by atoms with E-state index in [2.05, 4.69) is 15.3 Å². The van der Waals surface area contributed by atoms with Gasteiger partial charge in [-0.3, -0.25) is 9.69 Å². The molecule has 1 aliphatic heterocycles. The van der Waals surface area contributed by atoms with Gasteiger partial charge in [0, 0.05) is 35.9 Å². The third-order valence-electron chi connectivity index (χ3n) is 5.17. The van der Waals surface area contributed by atoms with Crippen LogP contribution in [0.15, 0.2) is 55.0 Å². The van der Waals surface area contributed by atoms with E-state index in [0.717, 1.165) is 27.7 Å². The van der Waals surface area contributed by atoms with Crippen molar-refractivity contribution in [2.45, 2.75) is 25.9 Å². The molecule has 7 heteroatoms. The summed E-state index contributed by atoms with van der Waals surface area (Å²) in [4.78, 5) is 34.2. The highest BCUT2D eigenvalue weighted by Gasteiger charge is 2.38. The number of para-hydroxylation sites is 1. The first kappa shape index (κ1) is 16.6. The van der Waals surface area contributed by atoms with Crippen LogP contribution in [0.5, 0.6) is 0 Å². The van der Waals surface area contributed by atoms with Crippen molar-refractivity contribution in [2.75, 3.05) is 0 Å². The Hall–Kier alpha value is -3.61. The molecule has 140 valence electrons. The summed E-state index contributed by atoms with van der Waals surface area (Å²) in [6.45, 7) is 2.17. The smallest absolute Gasteiger partial charge is 0.325 e. The van der Waals surface area contributed by atoms with Gasteiger partial charge >= 0.3 is 6.03 Å². The van der Waals surface area contributed by atoms with E-state index in [9.17, 15) is 9.59 Å². The summed E-state index contributed by atoms with van der Waals surface area (Å²) >= 11 is 0. The average Bonchev–Trinajstić information content (AvgIpc) is 3.34. The molecule has 0 bridgehead atoms. The Balaban J connectivity index is 1.36. The molecule has 1 atom stereocenters. The molecule has 1 unspecified atom stereocenters. The first-order valence-electron chi connectivity index (χ1n) is 9.19. The van der Waals surface area contributed by atoms with Crippen molar-refractivity contribution >= 4 is 28.5 Å². The number of benzene rings is 1. The molecule has 4 aromatic rings. The molecule has 1 fully saturated rings. The Labute approximate surface area is 161 Å². The number of amides is 3. The predicted molar refractivity (Wildman–Crippen MR) is 105 cm³/mol. The maximum Gasteiger partial charge on any atom is 0.325 e. The third-order valence-corrected chi connectivity index (χ3v) is 5.17. The monoisotopic (exact) mass is 373 g/mol. The Bertz CT molecular complexity index is 1220. The highest BCUT2D eigenvalue weighted by Crippen LogP contribution is 2.22. The highest BCUT2D eigenvalue weighted by atomic mass is 16.2. The van der Waals surface area contributed by atoms with Crippen molar-refractivity contribution in [3.05, 3.63) is 71.8 Å². The summed E-state index contributed by atoms with van der Waals surface area (Å²) in [5, 5.41) is 3.88. The van der Waals surface area contributed by atoms with Crippen molar-refractivity contribution in [2.24, 2.45) is 0 Å². The van der Waals surface area contributed by atoms with E-state index in [0.29, 0.717) is 12.1 Å². The fourth-order valence-corrected chi connectivity index (χ4v) is 3.78. The van der Waals surface area contributed by atoms with Gasteiger partial charge in [0.15, 0.2) is 0 Å². The van der Waals surface area contributed by atoms with Gasteiger partial charge in [0.1, 0.15) is 11.7 Å². The Morgan fingerprint density at radius 3 is 2.86 bits per heavy atom. The number of nitrogens with one attached hydrogen (secondary N) is 2. The molecule has 5 rings (SSSR count). The Morgan fingerprint density at radius 1 is 1.11 bits per heavy atom. The van der Waals surface area contributed by atoms with Crippen LogP contribution < -0.4 is 5.32 Å². The number of fused-ring (bicyclic) bond motifs is 2. The number of carbonyl (C=O) groups excluding carboxylic acids is 2. The molecular weight excluding hydrogens is 354 g/mol. The van der Waals surface area contributed by atoms with Crippen molar-refractivity contribution in [3.8, 4) is 0 Å². The number of hydrogen-bond donors (Lipinski definition) is 2. The number of imide groups is 1. The highest BCUT2D eigenvalue weighted by molar-refractivity contribution is 6.04. The number of carbonyl (C=O) groups is 2. The average molecular weight is 373 g/mol. The van der Waals surface area contributed by atoms with Crippen molar-refractivity contribution in [1.82, 2.24) is 24.6 Å². The largest absolute Gasteiger partial charge is 0.361 e. The minimum absolute atomic E-state index is 0.162. The number of hydrogen-bond acceptors (Lipinski definition) is 3. The number of imidazole rings is 1. The maximum atomic E-state index is 12.8. The van der Waals surface area contributed by atoms with Crippen molar-refractivity contribution < 1.29 is 9.59 Å².